The molecule has 0 heterocycles. The van der Waals surface area contributed by atoms with Crippen LogP contribution < -0.4 is 5.32 Å². The molecule has 1 aliphatic carbocycles. The van der Waals surface area contributed by atoms with E-state index in [0.29, 0.717) is 11.5 Å². The fourth-order valence-corrected chi connectivity index (χ4v) is 2.81. The Morgan fingerprint density at radius 1 is 1.45 bits per heavy atom. The first-order valence-electron chi connectivity index (χ1n) is 7.19. The number of hydrogen-bond acceptors (Lipinski definition) is 2. The standard InChI is InChI=1S/C16H22FNO2/c1-12-5-7-16(11-19,8-6-12)18-15(20)10-13-3-2-4-14(17)9-13/h2-4,9,12,19H,5-8,10-11H2,1H3,(H,18,20). The van der Waals surface area contributed by atoms with Gasteiger partial charge in [-0.2, -0.15) is 0 Å². The second-order valence-corrected chi connectivity index (χ2v) is 5.98. The molecule has 3 nitrogen and oxygen atoms in total. The summed E-state index contributed by atoms with van der Waals surface area (Å²) in [5.74, 6) is 0.160. The maximum absolute atomic E-state index is 13.1. The molecule has 1 aliphatic rings. The molecule has 1 aromatic rings. The molecule has 1 aromatic carbocycles. The summed E-state index contributed by atoms with van der Waals surface area (Å²) in [5.41, 5.74) is 0.163. The molecule has 2 N–H and O–H groups in total. The van der Waals surface area contributed by atoms with Gasteiger partial charge in [0.15, 0.2) is 0 Å². The highest BCUT2D eigenvalue weighted by molar-refractivity contribution is 5.79. The van der Waals surface area contributed by atoms with Crippen LogP contribution in [0.2, 0.25) is 0 Å². The Morgan fingerprint density at radius 3 is 2.75 bits per heavy atom. The molecular weight excluding hydrogens is 257 g/mol. The maximum atomic E-state index is 13.1. The lowest BCUT2D eigenvalue weighted by Gasteiger charge is -2.38. The molecule has 0 atom stereocenters. The van der Waals surface area contributed by atoms with Crippen LogP contribution >= 0.6 is 0 Å². The Morgan fingerprint density at radius 2 is 2.15 bits per heavy atom. The quantitative estimate of drug-likeness (QED) is 0.889. The summed E-state index contributed by atoms with van der Waals surface area (Å²) < 4.78 is 13.1. The van der Waals surface area contributed by atoms with Crippen LogP contribution in [0.5, 0.6) is 0 Å². The van der Waals surface area contributed by atoms with E-state index in [0.717, 1.165) is 25.7 Å². The van der Waals surface area contributed by atoms with Crippen molar-refractivity contribution < 1.29 is 14.3 Å². The van der Waals surface area contributed by atoms with E-state index in [-0.39, 0.29) is 24.8 Å². The molecule has 0 radical (unpaired) electrons. The SMILES string of the molecule is CC1CCC(CO)(NC(=O)Cc2cccc(F)c2)CC1. The van der Waals surface area contributed by atoms with Gasteiger partial charge in [0.05, 0.1) is 18.6 Å². The van der Waals surface area contributed by atoms with Crippen molar-refractivity contribution in [2.75, 3.05) is 6.61 Å². The molecule has 2 rings (SSSR count). The normalized spacial score (nSPS) is 26.2. The van der Waals surface area contributed by atoms with Crippen LogP contribution in [0.15, 0.2) is 24.3 Å². The van der Waals surface area contributed by atoms with Crippen LogP contribution in [0.25, 0.3) is 0 Å². The van der Waals surface area contributed by atoms with Crippen molar-refractivity contribution in [1.29, 1.82) is 0 Å². The minimum Gasteiger partial charge on any atom is -0.394 e. The number of carbonyl (C=O) groups excluding carboxylic acids is 1. The van der Waals surface area contributed by atoms with Crippen molar-refractivity contribution in [2.45, 2.75) is 44.6 Å². The zero-order chi connectivity index (χ0) is 14.6. The Hall–Kier alpha value is -1.42. The fraction of sp³-hybridized carbons (Fsp3) is 0.562. The van der Waals surface area contributed by atoms with Gasteiger partial charge < -0.3 is 10.4 Å². The molecule has 0 bridgehead atoms. The number of aliphatic hydroxyl groups excluding tert-OH is 1. The van der Waals surface area contributed by atoms with Crippen molar-refractivity contribution >= 4 is 5.91 Å². The van der Waals surface area contributed by atoms with Gasteiger partial charge in [-0.25, -0.2) is 4.39 Å². The summed E-state index contributed by atoms with van der Waals surface area (Å²) in [6.45, 7) is 2.16. The minimum absolute atomic E-state index is 0.0331. The Kier molecular flexibility index (Phi) is 4.76. The summed E-state index contributed by atoms with van der Waals surface area (Å²) in [7, 11) is 0. The first-order chi connectivity index (χ1) is 9.53. The van der Waals surface area contributed by atoms with E-state index in [1.165, 1.54) is 12.1 Å². The lowest BCUT2D eigenvalue weighted by Crippen LogP contribution is -2.53. The second kappa shape index (κ2) is 6.35. The minimum atomic E-state index is -0.489. The third kappa shape index (κ3) is 3.79. The summed E-state index contributed by atoms with van der Waals surface area (Å²) in [6, 6.07) is 6.06. The third-order valence-corrected chi connectivity index (χ3v) is 4.19. The molecule has 0 aliphatic heterocycles. The largest absolute Gasteiger partial charge is 0.394 e. The average Bonchev–Trinajstić information content (AvgIpc) is 2.41. The predicted octanol–water partition coefficient (Wildman–Crippen LogP) is 2.43. The van der Waals surface area contributed by atoms with Gasteiger partial charge in [0.1, 0.15) is 5.82 Å². The van der Waals surface area contributed by atoms with Gasteiger partial charge in [-0.05, 0) is 49.3 Å². The predicted molar refractivity (Wildman–Crippen MR) is 75.7 cm³/mol. The number of rotatable bonds is 4. The monoisotopic (exact) mass is 279 g/mol. The van der Waals surface area contributed by atoms with Crippen molar-refractivity contribution in [3.05, 3.63) is 35.6 Å². The zero-order valence-electron chi connectivity index (χ0n) is 11.9. The number of benzene rings is 1. The van der Waals surface area contributed by atoms with Crippen LogP contribution in [0.1, 0.15) is 38.2 Å². The molecule has 4 heteroatoms. The Bertz CT molecular complexity index is 467. The Labute approximate surface area is 119 Å². The van der Waals surface area contributed by atoms with Crippen molar-refractivity contribution in [1.82, 2.24) is 5.32 Å². The van der Waals surface area contributed by atoms with E-state index < -0.39 is 5.54 Å². The maximum Gasteiger partial charge on any atom is 0.224 e. The first kappa shape index (κ1) is 15.0. The first-order valence-corrected chi connectivity index (χ1v) is 7.19. The lowest BCUT2D eigenvalue weighted by atomic mass is 9.77. The van der Waals surface area contributed by atoms with Crippen molar-refractivity contribution in [2.24, 2.45) is 5.92 Å². The van der Waals surface area contributed by atoms with E-state index in [9.17, 15) is 14.3 Å². The van der Waals surface area contributed by atoms with Gasteiger partial charge in [-0.1, -0.05) is 19.1 Å². The van der Waals surface area contributed by atoms with Gasteiger partial charge in [0.2, 0.25) is 5.91 Å². The lowest BCUT2D eigenvalue weighted by molar-refractivity contribution is -0.123. The molecule has 0 aromatic heterocycles. The van der Waals surface area contributed by atoms with Gasteiger partial charge >= 0.3 is 0 Å². The van der Waals surface area contributed by atoms with E-state index in [2.05, 4.69) is 12.2 Å². The van der Waals surface area contributed by atoms with Crippen LogP contribution in [0.4, 0.5) is 4.39 Å². The number of nitrogens with one attached hydrogen (secondary N) is 1. The van der Waals surface area contributed by atoms with E-state index >= 15 is 0 Å². The van der Waals surface area contributed by atoms with Crippen LogP contribution in [-0.2, 0) is 11.2 Å². The summed E-state index contributed by atoms with van der Waals surface area (Å²) in [6.07, 6.45) is 3.79. The molecule has 110 valence electrons. The molecule has 1 saturated carbocycles. The molecule has 0 saturated heterocycles. The summed E-state index contributed by atoms with van der Waals surface area (Å²) in [5, 5.41) is 12.6. The van der Waals surface area contributed by atoms with E-state index in [1.54, 1.807) is 12.1 Å². The molecule has 1 amide bonds. The van der Waals surface area contributed by atoms with Crippen molar-refractivity contribution in [3.63, 3.8) is 0 Å². The summed E-state index contributed by atoms with van der Waals surface area (Å²) in [4.78, 5) is 12.1. The number of amides is 1. The van der Waals surface area contributed by atoms with E-state index in [1.807, 2.05) is 0 Å². The summed E-state index contributed by atoms with van der Waals surface area (Å²) >= 11 is 0. The van der Waals surface area contributed by atoms with Gasteiger partial charge in [-0.15, -0.1) is 0 Å². The smallest absolute Gasteiger partial charge is 0.224 e. The average molecular weight is 279 g/mol. The molecule has 0 spiro atoms. The highest BCUT2D eigenvalue weighted by Gasteiger charge is 2.34. The zero-order valence-corrected chi connectivity index (χ0v) is 11.9. The van der Waals surface area contributed by atoms with E-state index in [4.69, 9.17) is 0 Å². The number of aliphatic hydroxyl groups is 1. The van der Waals surface area contributed by atoms with Gasteiger partial charge in [-0.3, -0.25) is 4.79 Å². The van der Waals surface area contributed by atoms with Gasteiger partial charge in [0.25, 0.3) is 0 Å². The van der Waals surface area contributed by atoms with Gasteiger partial charge in [0, 0.05) is 0 Å². The van der Waals surface area contributed by atoms with Crippen molar-refractivity contribution in [3.8, 4) is 0 Å². The molecule has 1 fully saturated rings. The second-order valence-electron chi connectivity index (χ2n) is 5.98. The number of carbonyl (C=O) groups is 1. The third-order valence-electron chi connectivity index (χ3n) is 4.19. The fourth-order valence-electron chi connectivity index (χ4n) is 2.81. The Balaban J connectivity index is 1.96. The molecular formula is C16H22FNO2. The van der Waals surface area contributed by atoms with Crippen LogP contribution in [0, 0.1) is 11.7 Å². The molecule has 0 unspecified atom stereocenters. The highest BCUT2D eigenvalue weighted by atomic mass is 19.1. The van der Waals surface area contributed by atoms with Crippen LogP contribution in [0.3, 0.4) is 0 Å². The highest BCUT2D eigenvalue weighted by Crippen LogP contribution is 2.31. The number of hydrogen-bond donors (Lipinski definition) is 2. The topological polar surface area (TPSA) is 49.3 Å². The molecule has 20 heavy (non-hydrogen) atoms. The number of halogens is 1. The van der Waals surface area contributed by atoms with Crippen LogP contribution in [-0.4, -0.2) is 23.2 Å².